The van der Waals surface area contributed by atoms with Gasteiger partial charge in [0, 0.05) is 18.0 Å². The maximum absolute atomic E-state index is 5.72. The standard InChI is InChI=1S/C16H25N3O/c1-3-17-10-12-6-7-14-13(9-12)11(2)18-16(19-14)15-5-4-8-20-15/h12,15,17H,3-10H2,1-2H3. The van der Waals surface area contributed by atoms with Crippen LogP contribution in [0.25, 0.3) is 0 Å². The van der Waals surface area contributed by atoms with Gasteiger partial charge in [-0.3, -0.25) is 0 Å². The van der Waals surface area contributed by atoms with Gasteiger partial charge in [-0.1, -0.05) is 6.92 Å². The van der Waals surface area contributed by atoms with Crippen LogP contribution in [0, 0.1) is 12.8 Å². The molecule has 110 valence electrons. The second-order valence-electron chi connectivity index (χ2n) is 6.01. The van der Waals surface area contributed by atoms with E-state index in [1.807, 2.05) is 0 Å². The van der Waals surface area contributed by atoms with Crippen molar-refractivity contribution in [2.45, 2.75) is 52.1 Å². The minimum atomic E-state index is 0.137. The first-order valence-corrected chi connectivity index (χ1v) is 7.96. The lowest BCUT2D eigenvalue weighted by Gasteiger charge is -2.26. The topological polar surface area (TPSA) is 47.0 Å². The van der Waals surface area contributed by atoms with Crippen LogP contribution in [0.4, 0.5) is 0 Å². The molecule has 0 saturated carbocycles. The molecule has 2 aliphatic rings. The van der Waals surface area contributed by atoms with Crippen LogP contribution in [-0.2, 0) is 17.6 Å². The lowest BCUT2D eigenvalue weighted by atomic mass is 9.85. The monoisotopic (exact) mass is 275 g/mol. The van der Waals surface area contributed by atoms with Crippen molar-refractivity contribution in [3.05, 3.63) is 22.8 Å². The van der Waals surface area contributed by atoms with Crippen LogP contribution in [0.1, 0.15) is 55.1 Å². The van der Waals surface area contributed by atoms with Crippen LogP contribution in [0.15, 0.2) is 0 Å². The summed E-state index contributed by atoms with van der Waals surface area (Å²) in [7, 11) is 0. The maximum Gasteiger partial charge on any atom is 0.157 e. The number of hydrogen-bond acceptors (Lipinski definition) is 4. The predicted octanol–water partition coefficient (Wildman–Crippen LogP) is 2.35. The number of rotatable bonds is 4. The highest BCUT2D eigenvalue weighted by molar-refractivity contribution is 5.28. The molecule has 0 bridgehead atoms. The molecule has 0 aromatic carbocycles. The summed E-state index contributed by atoms with van der Waals surface area (Å²) in [5, 5.41) is 3.46. The number of aromatic nitrogens is 2. The van der Waals surface area contributed by atoms with Gasteiger partial charge in [-0.05, 0) is 63.6 Å². The fraction of sp³-hybridized carbons (Fsp3) is 0.750. The second-order valence-corrected chi connectivity index (χ2v) is 6.01. The third-order valence-corrected chi connectivity index (χ3v) is 4.50. The molecule has 1 N–H and O–H groups in total. The lowest BCUT2D eigenvalue weighted by molar-refractivity contribution is 0.104. The largest absolute Gasteiger partial charge is 0.370 e. The van der Waals surface area contributed by atoms with Gasteiger partial charge < -0.3 is 10.1 Å². The smallest absolute Gasteiger partial charge is 0.157 e. The van der Waals surface area contributed by atoms with Gasteiger partial charge in [0.15, 0.2) is 5.82 Å². The molecule has 4 nitrogen and oxygen atoms in total. The Morgan fingerprint density at radius 3 is 2.95 bits per heavy atom. The zero-order valence-corrected chi connectivity index (χ0v) is 12.6. The molecule has 0 spiro atoms. The zero-order valence-electron chi connectivity index (χ0n) is 12.6. The Balaban J connectivity index is 1.78. The number of ether oxygens (including phenoxy) is 1. The molecule has 1 aliphatic heterocycles. The average Bonchev–Trinajstić information content (AvgIpc) is 2.99. The molecule has 1 fully saturated rings. The van der Waals surface area contributed by atoms with Gasteiger partial charge in [0.25, 0.3) is 0 Å². The lowest BCUT2D eigenvalue weighted by Crippen LogP contribution is -2.28. The highest BCUT2D eigenvalue weighted by atomic mass is 16.5. The molecule has 1 aromatic rings. The highest BCUT2D eigenvalue weighted by Crippen LogP contribution is 2.30. The molecule has 0 radical (unpaired) electrons. The molecule has 0 amide bonds. The first-order chi connectivity index (χ1) is 9.78. The third kappa shape index (κ3) is 2.86. The normalized spacial score (nSPS) is 25.7. The summed E-state index contributed by atoms with van der Waals surface area (Å²) < 4.78 is 5.72. The average molecular weight is 275 g/mol. The Morgan fingerprint density at radius 1 is 1.30 bits per heavy atom. The van der Waals surface area contributed by atoms with Crippen LogP contribution >= 0.6 is 0 Å². The molecule has 2 atom stereocenters. The fourth-order valence-corrected chi connectivity index (χ4v) is 3.33. The van der Waals surface area contributed by atoms with Crippen molar-refractivity contribution in [1.29, 1.82) is 0 Å². The van der Waals surface area contributed by atoms with Crippen molar-refractivity contribution < 1.29 is 4.74 Å². The van der Waals surface area contributed by atoms with Gasteiger partial charge in [-0.2, -0.15) is 0 Å². The molecule has 4 heteroatoms. The minimum Gasteiger partial charge on any atom is -0.370 e. The van der Waals surface area contributed by atoms with E-state index >= 15 is 0 Å². The van der Waals surface area contributed by atoms with E-state index in [-0.39, 0.29) is 6.10 Å². The summed E-state index contributed by atoms with van der Waals surface area (Å²) in [5.74, 6) is 1.65. The Morgan fingerprint density at radius 2 is 2.20 bits per heavy atom. The molecule has 1 aromatic heterocycles. The van der Waals surface area contributed by atoms with E-state index in [0.717, 1.165) is 57.1 Å². The summed E-state index contributed by atoms with van der Waals surface area (Å²) in [6.07, 6.45) is 5.80. The van der Waals surface area contributed by atoms with Crippen LogP contribution in [-0.4, -0.2) is 29.7 Å². The van der Waals surface area contributed by atoms with E-state index in [9.17, 15) is 0 Å². The van der Waals surface area contributed by atoms with E-state index < -0.39 is 0 Å². The SMILES string of the molecule is CCNCC1CCc2nc(C3CCCO3)nc(C)c2C1. The Kier molecular flexibility index (Phi) is 4.32. The summed E-state index contributed by atoms with van der Waals surface area (Å²) in [6.45, 7) is 7.32. The summed E-state index contributed by atoms with van der Waals surface area (Å²) in [5.41, 5.74) is 3.83. The quantitative estimate of drug-likeness (QED) is 0.916. The molecule has 1 saturated heterocycles. The maximum atomic E-state index is 5.72. The molecule has 2 heterocycles. The van der Waals surface area contributed by atoms with Gasteiger partial charge in [-0.15, -0.1) is 0 Å². The van der Waals surface area contributed by atoms with Gasteiger partial charge in [0.05, 0.1) is 0 Å². The number of fused-ring (bicyclic) bond motifs is 1. The molecule has 3 rings (SSSR count). The highest BCUT2D eigenvalue weighted by Gasteiger charge is 2.26. The second kappa shape index (κ2) is 6.19. The van der Waals surface area contributed by atoms with Crippen LogP contribution < -0.4 is 5.32 Å². The summed E-state index contributed by atoms with van der Waals surface area (Å²) in [4.78, 5) is 9.54. The van der Waals surface area contributed by atoms with Gasteiger partial charge in [0.2, 0.25) is 0 Å². The van der Waals surface area contributed by atoms with Crippen LogP contribution in [0.5, 0.6) is 0 Å². The summed E-state index contributed by atoms with van der Waals surface area (Å²) in [6, 6.07) is 0. The Labute approximate surface area is 121 Å². The van der Waals surface area contributed by atoms with Crippen molar-refractivity contribution in [3.8, 4) is 0 Å². The number of nitrogens with one attached hydrogen (secondary N) is 1. The molecule has 1 aliphatic carbocycles. The molecule has 20 heavy (non-hydrogen) atoms. The summed E-state index contributed by atoms with van der Waals surface area (Å²) >= 11 is 0. The predicted molar refractivity (Wildman–Crippen MR) is 78.8 cm³/mol. The first kappa shape index (κ1) is 14.0. The minimum absolute atomic E-state index is 0.137. The first-order valence-electron chi connectivity index (χ1n) is 7.96. The zero-order chi connectivity index (χ0) is 13.9. The van der Waals surface area contributed by atoms with E-state index in [1.165, 1.54) is 23.4 Å². The third-order valence-electron chi connectivity index (χ3n) is 4.50. The number of nitrogens with zero attached hydrogens (tertiary/aromatic N) is 2. The fourth-order valence-electron chi connectivity index (χ4n) is 3.33. The number of hydrogen-bond donors (Lipinski definition) is 1. The molecular weight excluding hydrogens is 250 g/mol. The number of aryl methyl sites for hydroxylation is 2. The van der Waals surface area contributed by atoms with Crippen molar-refractivity contribution in [2.24, 2.45) is 5.92 Å². The van der Waals surface area contributed by atoms with Crippen LogP contribution in [0.3, 0.4) is 0 Å². The van der Waals surface area contributed by atoms with Crippen molar-refractivity contribution >= 4 is 0 Å². The van der Waals surface area contributed by atoms with E-state index in [1.54, 1.807) is 0 Å². The van der Waals surface area contributed by atoms with Gasteiger partial charge in [-0.25, -0.2) is 9.97 Å². The Bertz CT molecular complexity index is 469. The van der Waals surface area contributed by atoms with Crippen molar-refractivity contribution in [3.63, 3.8) is 0 Å². The molecule has 2 unspecified atom stereocenters. The van der Waals surface area contributed by atoms with Gasteiger partial charge in [0.1, 0.15) is 6.10 Å². The van der Waals surface area contributed by atoms with Gasteiger partial charge >= 0.3 is 0 Å². The van der Waals surface area contributed by atoms with Crippen molar-refractivity contribution in [2.75, 3.05) is 19.7 Å². The molecular formula is C16H25N3O. The van der Waals surface area contributed by atoms with Crippen LogP contribution in [0.2, 0.25) is 0 Å². The van der Waals surface area contributed by atoms with Crippen molar-refractivity contribution in [1.82, 2.24) is 15.3 Å². The van der Waals surface area contributed by atoms with E-state index in [4.69, 9.17) is 14.7 Å². The Hall–Kier alpha value is -1.00. The van der Waals surface area contributed by atoms with E-state index in [2.05, 4.69) is 19.2 Å². The van der Waals surface area contributed by atoms with E-state index in [0.29, 0.717) is 0 Å².